The molecule has 3 nitrogen and oxygen atoms in total. The lowest BCUT2D eigenvalue weighted by Gasteiger charge is -2.41. The molecular weight excluding hydrogens is 653 g/mol. The summed E-state index contributed by atoms with van der Waals surface area (Å²) >= 11 is 0. The van der Waals surface area contributed by atoms with Crippen molar-refractivity contribution in [2.24, 2.45) is 0 Å². The minimum Gasteiger partial charge on any atom is -0.375 e. The van der Waals surface area contributed by atoms with Crippen molar-refractivity contribution < 1.29 is 0 Å². The summed E-state index contributed by atoms with van der Waals surface area (Å²) in [6, 6.07) is 65.9. The highest BCUT2D eigenvalue weighted by Crippen LogP contribution is 2.48. The average Bonchev–Trinajstić information content (AvgIpc) is 3.58. The van der Waals surface area contributed by atoms with Gasteiger partial charge in [-0.15, -0.1) is 0 Å². The Hall–Kier alpha value is -7.09. The van der Waals surface area contributed by atoms with E-state index in [2.05, 4.69) is 180 Å². The highest BCUT2D eigenvalue weighted by Gasteiger charge is 2.44. The van der Waals surface area contributed by atoms with Crippen LogP contribution in [0, 0.1) is 18.3 Å². The van der Waals surface area contributed by atoms with Gasteiger partial charge in [-0.25, -0.2) is 0 Å². The number of nitriles is 1. The Morgan fingerprint density at radius 3 is 1.94 bits per heavy atom. The zero-order valence-electron chi connectivity index (χ0n) is 29.7. The van der Waals surface area contributed by atoms with Gasteiger partial charge in [-0.05, 0) is 105 Å². The van der Waals surface area contributed by atoms with E-state index in [-0.39, 0.29) is 6.85 Å². The first-order chi connectivity index (χ1) is 26.7. The summed E-state index contributed by atoms with van der Waals surface area (Å²) in [4.78, 5) is 2.47. The molecule has 250 valence electrons. The third kappa shape index (κ3) is 4.36. The number of anilines is 3. The van der Waals surface area contributed by atoms with Crippen LogP contribution in [0.15, 0.2) is 176 Å². The van der Waals surface area contributed by atoms with Gasteiger partial charge in [0, 0.05) is 44.4 Å². The summed E-state index contributed by atoms with van der Waals surface area (Å²) < 4.78 is 2.62. The first-order valence-electron chi connectivity index (χ1n) is 18.5. The van der Waals surface area contributed by atoms with Gasteiger partial charge in [0.1, 0.15) is 0 Å². The van der Waals surface area contributed by atoms with Crippen LogP contribution in [0.3, 0.4) is 0 Å². The molecule has 2 aliphatic rings. The fourth-order valence-corrected chi connectivity index (χ4v) is 9.23. The first-order valence-corrected chi connectivity index (χ1v) is 18.5. The minimum atomic E-state index is -0.0657. The van der Waals surface area contributed by atoms with E-state index >= 15 is 0 Å². The van der Waals surface area contributed by atoms with Gasteiger partial charge in [0.05, 0.1) is 11.6 Å². The van der Waals surface area contributed by atoms with Crippen LogP contribution >= 0.6 is 0 Å². The fraction of sp³-hybridized carbons (Fsp3) is 0.0200. The van der Waals surface area contributed by atoms with Gasteiger partial charge in [-0.1, -0.05) is 133 Å². The Morgan fingerprint density at radius 1 is 0.519 bits per heavy atom. The van der Waals surface area contributed by atoms with Gasteiger partial charge >= 0.3 is 6.85 Å². The Morgan fingerprint density at radius 2 is 1.17 bits per heavy atom. The van der Waals surface area contributed by atoms with Gasteiger partial charge in [0.15, 0.2) is 0 Å². The number of benzene rings is 8. The molecule has 2 aliphatic heterocycles. The third-order valence-electron chi connectivity index (χ3n) is 11.6. The summed E-state index contributed by atoms with van der Waals surface area (Å²) in [5.41, 5.74) is 19.9. The number of fused-ring (bicyclic) bond motifs is 7. The van der Waals surface area contributed by atoms with Crippen LogP contribution in [0.1, 0.15) is 11.1 Å². The maximum absolute atomic E-state index is 9.94. The van der Waals surface area contributed by atoms with E-state index in [0.29, 0.717) is 5.56 Å². The standard InChI is InChI=1S/C50H32BN3/c1-32-43(38-17-10-12-33(28-38)31-52)30-47-49-48(32)42-20-11-19-41-40-18-8-9-21-45(40)54(50(41)42)51(49)44-29-37(35-15-6-3-7-16-35)24-27-46(44)53(47)39-25-22-36(23-26-39)34-13-4-2-5-14-34/h2-30H,1H3. The van der Waals surface area contributed by atoms with Crippen LogP contribution in [0.5, 0.6) is 0 Å². The van der Waals surface area contributed by atoms with Gasteiger partial charge in [0.2, 0.25) is 0 Å². The molecule has 0 N–H and O–H groups in total. The molecule has 3 heterocycles. The summed E-state index contributed by atoms with van der Waals surface area (Å²) in [6.45, 7) is 2.21. The molecule has 0 fully saturated rings. The van der Waals surface area contributed by atoms with Crippen molar-refractivity contribution in [2.45, 2.75) is 6.92 Å². The van der Waals surface area contributed by atoms with Crippen molar-refractivity contribution in [3.63, 3.8) is 0 Å². The molecule has 1 aromatic heterocycles. The second-order valence-electron chi connectivity index (χ2n) is 14.4. The number of aromatic nitrogens is 1. The van der Waals surface area contributed by atoms with Crippen molar-refractivity contribution in [1.82, 2.24) is 4.48 Å². The molecule has 0 saturated carbocycles. The first kappa shape index (κ1) is 30.5. The zero-order chi connectivity index (χ0) is 35.9. The summed E-state index contributed by atoms with van der Waals surface area (Å²) in [6.07, 6.45) is 0. The average molecular weight is 686 g/mol. The minimum absolute atomic E-state index is 0.0657. The Bertz CT molecular complexity index is 3010. The molecule has 0 bridgehead atoms. The molecule has 8 aromatic carbocycles. The molecule has 0 amide bonds. The summed E-state index contributed by atoms with van der Waals surface area (Å²) in [5.74, 6) is 0. The number of rotatable bonds is 4. The number of hydrogen-bond acceptors (Lipinski definition) is 2. The predicted molar refractivity (Wildman–Crippen MR) is 226 cm³/mol. The normalized spacial score (nSPS) is 12.4. The SMILES string of the molecule is Cc1c(-c2cccc(C#N)c2)cc2c3c1-c1cccc4c5ccccc5n(c14)B3c1cc(-c3ccccc3)ccc1N2c1ccc(-c2ccccc2)cc1. The van der Waals surface area contributed by atoms with E-state index in [1.165, 1.54) is 71.7 Å². The van der Waals surface area contributed by atoms with Gasteiger partial charge in [-0.3, -0.25) is 0 Å². The lowest BCUT2D eigenvalue weighted by Crippen LogP contribution is -2.57. The van der Waals surface area contributed by atoms with Crippen LogP contribution in [0.25, 0.3) is 66.3 Å². The van der Waals surface area contributed by atoms with Crippen molar-refractivity contribution in [3.8, 4) is 50.6 Å². The fourth-order valence-electron chi connectivity index (χ4n) is 9.23. The maximum Gasteiger partial charge on any atom is 0.333 e. The number of hydrogen-bond donors (Lipinski definition) is 0. The highest BCUT2D eigenvalue weighted by molar-refractivity contribution is 6.90. The van der Waals surface area contributed by atoms with E-state index in [9.17, 15) is 5.26 Å². The van der Waals surface area contributed by atoms with Crippen molar-refractivity contribution >= 4 is 56.6 Å². The van der Waals surface area contributed by atoms with Gasteiger partial charge in [-0.2, -0.15) is 5.26 Å². The lowest BCUT2D eigenvalue weighted by atomic mass is 9.44. The Labute approximate surface area is 314 Å². The maximum atomic E-state index is 9.94. The van der Waals surface area contributed by atoms with E-state index < -0.39 is 0 Å². The highest BCUT2D eigenvalue weighted by atomic mass is 15.2. The molecule has 0 unspecified atom stereocenters. The van der Waals surface area contributed by atoms with Gasteiger partial charge in [0.25, 0.3) is 0 Å². The predicted octanol–water partition coefficient (Wildman–Crippen LogP) is 11.4. The Kier molecular flexibility index (Phi) is 6.62. The third-order valence-corrected chi connectivity index (χ3v) is 11.6. The van der Waals surface area contributed by atoms with Crippen LogP contribution < -0.4 is 15.8 Å². The topological polar surface area (TPSA) is 32.0 Å². The van der Waals surface area contributed by atoms with E-state index in [0.717, 1.165) is 28.2 Å². The quantitative estimate of drug-likeness (QED) is 0.173. The monoisotopic (exact) mass is 685 g/mol. The van der Waals surface area contributed by atoms with Crippen LogP contribution in [-0.4, -0.2) is 11.3 Å². The van der Waals surface area contributed by atoms with Crippen LogP contribution in [0.2, 0.25) is 0 Å². The summed E-state index contributed by atoms with van der Waals surface area (Å²) in [5, 5.41) is 12.5. The molecular formula is C50H32BN3. The second kappa shape index (κ2) is 11.7. The van der Waals surface area contributed by atoms with Crippen molar-refractivity contribution in [1.29, 1.82) is 5.26 Å². The van der Waals surface area contributed by atoms with Crippen molar-refractivity contribution in [3.05, 3.63) is 187 Å². The van der Waals surface area contributed by atoms with E-state index in [1.807, 2.05) is 18.2 Å². The van der Waals surface area contributed by atoms with Crippen LogP contribution in [0.4, 0.5) is 17.1 Å². The zero-order valence-corrected chi connectivity index (χ0v) is 29.7. The Balaban J connectivity index is 1.27. The molecule has 11 rings (SSSR count). The molecule has 0 aliphatic carbocycles. The number of para-hydroxylation sites is 2. The van der Waals surface area contributed by atoms with Crippen LogP contribution in [-0.2, 0) is 0 Å². The van der Waals surface area contributed by atoms with Gasteiger partial charge < -0.3 is 9.38 Å². The molecule has 9 aromatic rings. The molecule has 54 heavy (non-hydrogen) atoms. The largest absolute Gasteiger partial charge is 0.375 e. The van der Waals surface area contributed by atoms with Crippen molar-refractivity contribution in [2.75, 3.05) is 4.90 Å². The number of nitrogens with zero attached hydrogens (tertiary/aromatic N) is 3. The molecule has 0 spiro atoms. The molecule has 4 heteroatoms. The summed E-state index contributed by atoms with van der Waals surface area (Å²) in [7, 11) is 0. The smallest absolute Gasteiger partial charge is 0.333 e. The van der Waals surface area contributed by atoms with E-state index in [1.54, 1.807) is 0 Å². The lowest BCUT2D eigenvalue weighted by molar-refractivity contribution is 1.25. The second-order valence-corrected chi connectivity index (χ2v) is 14.4. The van der Waals surface area contributed by atoms with E-state index in [4.69, 9.17) is 0 Å². The molecule has 0 radical (unpaired) electrons. The molecule has 0 atom stereocenters. The molecule has 0 saturated heterocycles.